The number of rotatable bonds is 6. The molecule has 0 aromatic carbocycles. The quantitative estimate of drug-likeness (QED) is 0.816. The van der Waals surface area contributed by atoms with Gasteiger partial charge in [0.15, 0.2) is 0 Å². The van der Waals surface area contributed by atoms with Crippen molar-refractivity contribution in [2.24, 2.45) is 5.73 Å². The topological polar surface area (TPSA) is 75.4 Å². The average Bonchev–Trinajstić information content (AvgIpc) is 3.06. The number of nitrogens with one attached hydrogen (secondary N) is 1. The second-order valence-electron chi connectivity index (χ2n) is 5.76. The number of carbonyl (C=O) groups excluding carboxylic acids is 2. The van der Waals surface area contributed by atoms with Gasteiger partial charge in [0.25, 0.3) is 0 Å². The Morgan fingerprint density at radius 3 is 2.91 bits per heavy atom. The lowest BCUT2D eigenvalue weighted by Gasteiger charge is -2.37. The van der Waals surface area contributed by atoms with Crippen molar-refractivity contribution < 1.29 is 9.59 Å². The van der Waals surface area contributed by atoms with Crippen LogP contribution in [0.2, 0.25) is 0 Å². The molecule has 3 N–H and O–H groups in total. The monoisotopic (exact) mass is 359 g/mol. The molecule has 1 aliphatic heterocycles. The number of carbonyl (C=O) groups is 2. The molecule has 1 aromatic rings. The predicted octanol–water partition coefficient (Wildman–Crippen LogP) is 2.12. The molecule has 2 unspecified atom stereocenters. The molecule has 0 bridgehead atoms. The highest BCUT2D eigenvalue weighted by Crippen LogP contribution is 2.26. The molecule has 23 heavy (non-hydrogen) atoms. The van der Waals surface area contributed by atoms with Crippen molar-refractivity contribution in [2.75, 3.05) is 19.6 Å². The molecule has 2 atom stereocenters. The predicted molar refractivity (Wildman–Crippen MR) is 96.0 cm³/mol. The van der Waals surface area contributed by atoms with Gasteiger partial charge in [-0.05, 0) is 37.6 Å². The maximum absolute atomic E-state index is 12.8. The summed E-state index contributed by atoms with van der Waals surface area (Å²) in [7, 11) is 0. The molecule has 5 nitrogen and oxygen atoms in total. The van der Waals surface area contributed by atoms with Crippen LogP contribution in [-0.4, -0.2) is 42.4 Å². The van der Waals surface area contributed by atoms with E-state index in [1.165, 1.54) is 0 Å². The van der Waals surface area contributed by atoms with E-state index in [2.05, 4.69) is 5.32 Å². The zero-order valence-electron chi connectivity index (χ0n) is 13.5. The number of likely N-dealkylation sites (tertiary alicyclic amines) is 1. The van der Waals surface area contributed by atoms with Crippen molar-refractivity contribution in [3.63, 3.8) is 0 Å². The number of thiophene rings is 1. The van der Waals surface area contributed by atoms with E-state index in [4.69, 9.17) is 5.73 Å². The standard InChI is InChI=1S/C16H25N3O2S.ClH/c1-12(14-6-4-10-22-14)16(21)19-9-3-2-5-13(19)11-18-15(20)7-8-17;/h4,6,10,12-13H,2-3,5,7-9,11,17H2,1H3,(H,18,20);1H. The Hall–Kier alpha value is -1.11. The first kappa shape index (κ1) is 19.9. The minimum absolute atomic E-state index is 0. The van der Waals surface area contributed by atoms with Crippen LogP contribution in [0.3, 0.4) is 0 Å². The minimum atomic E-state index is -0.111. The zero-order valence-corrected chi connectivity index (χ0v) is 15.1. The summed E-state index contributed by atoms with van der Waals surface area (Å²) in [4.78, 5) is 27.4. The first-order valence-electron chi connectivity index (χ1n) is 7.94. The molecule has 1 aromatic heterocycles. The highest BCUT2D eigenvalue weighted by atomic mass is 35.5. The molecule has 0 spiro atoms. The van der Waals surface area contributed by atoms with Crippen molar-refractivity contribution >= 4 is 35.6 Å². The lowest BCUT2D eigenvalue weighted by atomic mass is 9.99. The van der Waals surface area contributed by atoms with E-state index in [-0.39, 0.29) is 36.2 Å². The van der Waals surface area contributed by atoms with Gasteiger partial charge in [-0.1, -0.05) is 6.07 Å². The Bertz CT molecular complexity index is 496. The summed E-state index contributed by atoms with van der Waals surface area (Å²) in [6, 6.07) is 4.09. The number of nitrogens with zero attached hydrogens (tertiary/aromatic N) is 1. The molecule has 7 heteroatoms. The SMILES string of the molecule is CC(C(=O)N1CCCCC1CNC(=O)CCN)c1cccs1.Cl. The fourth-order valence-corrected chi connectivity index (χ4v) is 3.64. The van der Waals surface area contributed by atoms with Gasteiger partial charge in [-0.15, -0.1) is 23.7 Å². The van der Waals surface area contributed by atoms with Gasteiger partial charge < -0.3 is 16.0 Å². The Morgan fingerprint density at radius 1 is 1.48 bits per heavy atom. The number of hydrogen-bond acceptors (Lipinski definition) is 4. The molecule has 0 radical (unpaired) electrons. The molecule has 1 saturated heterocycles. The zero-order chi connectivity index (χ0) is 15.9. The van der Waals surface area contributed by atoms with E-state index < -0.39 is 0 Å². The van der Waals surface area contributed by atoms with Crippen LogP contribution >= 0.6 is 23.7 Å². The Balaban J connectivity index is 0.00000264. The lowest BCUT2D eigenvalue weighted by molar-refractivity contribution is -0.136. The molecule has 1 fully saturated rings. The maximum atomic E-state index is 12.8. The van der Waals surface area contributed by atoms with Gasteiger partial charge >= 0.3 is 0 Å². The molecular weight excluding hydrogens is 334 g/mol. The first-order chi connectivity index (χ1) is 10.6. The van der Waals surface area contributed by atoms with Crippen LogP contribution in [0.4, 0.5) is 0 Å². The van der Waals surface area contributed by atoms with Crippen molar-refractivity contribution in [1.82, 2.24) is 10.2 Å². The number of amides is 2. The average molecular weight is 360 g/mol. The smallest absolute Gasteiger partial charge is 0.230 e. The van der Waals surface area contributed by atoms with E-state index in [1.807, 2.05) is 29.3 Å². The summed E-state index contributed by atoms with van der Waals surface area (Å²) in [5, 5.41) is 4.90. The number of piperidine rings is 1. The summed E-state index contributed by atoms with van der Waals surface area (Å²) in [6.07, 6.45) is 3.43. The largest absolute Gasteiger partial charge is 0.354 e. The summed E-state index contributed by atoms with van der Waals surface area (Å²) < 4.78 is 0. The Labute approximate surface area is 148 Å². The highest BCUT2D eigenvalue weighted by Gasteiger charge is 2.30. The van der Waals surface area contributed by atoms with Crippen LogP contribution in [-0.2, 0) is 9.59 Å². The second kappa shape index (κ2) is 9.90. The van der Waals surface area contributed by atoms with E-state index in [1.54, 1.807) is 11.3 Å². The number of nitrogens with two attached hydrogens (primary N) is 1. The van der Waals surface area contributed by atoms with Gasteiger partial charge in [0, 0.05) is 37.0 Å². The Morgan fingerprint density at radius 2 is 2.26 bits per heavy atom. The van der Waals surface area contributed by atoms with Gasteiger partial charge in [0.1, 0.15) is 0 Å². The van der Waals surface area contributed by atoms with Crippen molar-refractivity contribution in [1.29, 1.82) is 0 Å². The van der Waals surface area contributed by atoms with E-state index in [9.17, 15) is 9.59 Å². The Kier molecular flexibility index (Phi) is 8.58. The maximum Gasteiger partial charge on any atom is 0.230 e. The molecule has 1 aliphatic rings. The van der Waals surface area contributed by atoms with E-state index >= 15 is 0 Å². The highest BCUT2D eigenvalue weighted by molar-refractivity contribution is 7.10. The van der Waals surface area contributed by atoms with Crippen LogP contribution in [0.25, 0.3) is 0 Å². The first-order valence-corrected chi connectivity index (χ1v) is 8.82. The van der Waals surface area contributed by atoms with E-state index in [0.717, 1.165) is 30.7 Å². The molecule has 2 amide bonds. The molecule has 130 valence electrons. The summed E-state index contributed by atoms with van der Waals surface area (Å²) >= 11 is 1.62. The third-order valence-corrected chi connectivity index (χ3v) is 5.21. The molecule has 2 heterocycles. The van der Waals surface area contributed by atoms with Crippen LogP contribution < -0.4 is 11.1 Å². The van der Waals surface area contributed by atoms with Crippen LogP contribution in [0.15, 0.2) is 17.5 Å². The van der Waals surface area contributed by atoms with Crippen molar-refractivity contribution in [3.8, 4) is 0 Å². The van der Waals surface area contributed by atoms with Gasteiger partial charge in [0.05, 0.1) is 5.92 Å². The van der Waals surface area contributed by atoms with Gasteiger partial charge in [-0.2, -0.15) is 0 Å². The molecule has 0 saturated carbocycles. The van der Waals surface area contributed by atoms with Crippen molar-refractivity contribution in [2.45, 2.75) is 44.6 Å². The molecule has 0 aliphatic carbocycles. The third-order valence-electron chi connectivity index (χ3n) is 4.16. The summed E-state index contributed by atoms with van der Waals surface area (Å²) in [6.45, 7) is 3.63. The lowest BCUT2D eigenvalue weighted by Crippen LogP contribution is -2.50. The van der Waals surface area contributed by atoms with Crippen LogP contribution in [0, 0.1) is 0 Å². The van der Waals surface area contributed by atoms with E-state index in [0.29, 0.717) is 19.5 Å². The minimum Gasteiger partial charge on any atom is -0.354 e. The second-order valence-corrected chi connectivity index (χ2v) is 6.74. The van der Waals surface area contributed by atoms with Gasteiger partial charge in [-0.3, -0.25) is 9.59 Å². The van der Waals surface area contributed by atoms with Crippen LogP contribution in [0.1, 0.15) is 43.4 Å². The summed E-state index contributed by atoms with van der Waals surface area (Å²) in [5.41, 5.74) is 5.38. The normalized spacial score (nSPS) is 18.9. The summed E-state index contributed by atoms with van der Waals surface area (Å²) in [5.74, 6) is 0.0207. The number of hydrogen-bond donors (Lipinski definition) is 2. The number of halogens is 1. The van der Waals surface area contributed by atoms with Gasteiger partial charge in [-0.25, -0.2) is 0 Å². The fourth-order valence-electron chi connectivity index (χ4n) is 2.86. The van der Waals surface area contributed by atoms with Crippen LogP contribution in [0.5, 0.6) is 0 Å². The third kappa shape index (κ3) is 5.48. The molecular formula is C16H26ClN3O2S. The van der Waals surface area contributed by atoms with Gasteiger partial charge in [0.2, 0.25) is 11.8 Å². The molecule has 2 rings (SSSR count). The fraction of sp³-hybridized carbons (Fsp3) is 0.625. The van der Waals surface area contributed by atoms with Crippen molar-refractivity contribution in [3.05, 3.63) is 22.4 Å².